The van der Waals surface area contributed by atoms with Gasteiger partial charge in [0.2, 0.25) is 11.8 Å². The molecule has 0 saturated carbocycles. The van der Waals surface area contributed by atoms with E-state index in [4.69, 9.17) is 4.52 Å². The number of nitrogens with one attached hydrogen (secondary N) is 2. The third-order valence-corrected chi connectivity index (χ3v) is 6.68. The van der Waals surface area contributed by atoms with E-state index in [0.29, 0.717) is 30.0 Å². The molecular formula is C22H23N5O5S. The molecule has 3 aromatic rings. The lowest BCUT2D eigenvalue weighted by Gasteiger charge is -2.18. The third-order valence-electron chi connectivity index (χ3n) is 5.33. The summed E-state index contributed by atoms with van der Waals surface area (Å²) in [5, 5.41) is 6.42. The highest BCUT2D eigenvalue weighted by Crippen LogP contribution is 2.23. The van der Waals surface area contributed by atoms with Crippen molar-refractivity contribution in [3.05, 3.63) is 65.9 Å². The molecule has 11 heteroatoms. The second kappa shape index (κ2) is 8.94. The van der Waals surface area contributed by atoms with Gasteiger partial charge in [-0.2, -0.15) is 0 Å². The van der Waals surface area contributed by atoms with Crippen LogP contribution in [0.15, 0.2) is 64.0 Å². The minimum Gasteiger partial charge on any atom is -0.337 e. The summed E-state index contributed by atoms with van der Waals surface area (Å²) in [4.78, 5) is 28.1. The summed E-state index contributed by atoms with van der Waals surface area (Å²) in [7, 11) is -3.88. The van der Waals surface area contributed by atoms with E-state index >= 15 is 0 Å². The molecule has 1 aliphatic heterocycles. The van der Waals surface area contributed by atoms with E-state index in [1.807, 2.05) is 30.3 Å². The van der Waals surface area contributed by atoms with Crippen LogP contribution in [0.1, 0.15) is 11.3 Å². The lowest BCUT2D eigenvalue weighted by molar-refractivity contribution is -0.116. The van der Waals surface area contributed by atoms with Crippen molar-refractivity contribution in [2.45, 2.75) is 18.7 Å². The number of urea groups is 1. The molecule has 1 fully saturated rings. The summed E-state index contributed by atoms with van der Waals surface area (Å²) >= 11 is 0. The molecule has 1 saturated heterocycles. The molecule has 33 heavy (non-hydrogen) atoms. The fourth-order valence-electron chi connectivity index (χ4n) is 3.36. The van der Waals surface area contributed by atoms with Crippen LogP contribution in [-0.4, -0.2) is 50.0 Å². The molecule has 2 N–H and O–H groups in total. The van der Waals surface area contributed by atoms with Crippen molar-refractivity contribution >= 4 is 39.2 Å². The maximum absolute atomic E-state index is 12.6. The first kappa shape index (κ1) is 22.3. The Hall–Kier alpha value is -3.86. The molecule has 172 valence electrons. The average Bonchev–Trinajstić information content (AvgIpc) is 3.31. The Morgan fingerprint density at radius 2 is 1.76 bits per heavy atom. The zero-order valence-electron chi connectivity index (χ0n) is 18.1. The molecule has 2 aromatic carbocycles. The predicted molar refractivity (Wildman–Crippen MR) is 123 cm³/mol. The summed E-state index contributed by atoms with van der Waals surface area (Å²) in [5.74, 6) is -0.315. The molecule has 2 heterocycles. The van der Waals surface area contributed by atoms with Crippen molar-refractivity contribution in [3.8, 4) is 0 Å². The number of anilines is 3. The lowest BCUT2D eigenvalue weighted by atomic mass is 10.3. The number of hydrogen-bond acceptors (Lipinski definition) is 6. The quantitative estimate of drug-likeness (QED) is 0.548. The maximum Gasteiger partial charge on any atom is 0.325 e. The van der Waals surface area contributed by atoms with Crippen molar-refractivity contribution in [1.82, 2.24) is 10.1 Å². The SMILES string of the molecule is Cc1noc(NS(=O)(=O)c2ccc(NC(=O)CN3CCN(c4ccccc4)C3=O)cc2)c1C. The summed E-state index contributed by atoms with van der Waals surface area (Å²) in [6.07, 6.45) is 0. The molecule has 0 atom stereocenters. The van der Waals surface area contributed by atoms with Gasteiger partial charge in [-0.15, -0.1) is 0 Å². The standard InChI is InChI=1S/C22H23N5O5S/c1-15-16(2)24-32-21(15)25-33(30,31)19-10-8-17(9-11-19)23-20(28)14-26-12-13-27(22(26)29)18-6-4-3-5-7-18/h3-11,25H,12-14H2,1-2H3,(H,23,28). The van der Waals surface area contributed by atoms with E-state index in [2.05, 4.69) is 15.2 Å². The van der Waals surface area contributed by atoms with Crippen molar-refractivity contribution in [2.75, 3.05) is 34.6 Å². The van der Waals surface area contributed by atoms with Crippen LogP contribution in [0.2, 0.25) is 0 Å². The van der Waals surface area contributed by atoms with E-state index in [-0.39, 0.29) is 29.3 Å². The summed E-state index contributed by atoms with van der Waals surface area (Å²) in [6, 6.07) is 14.7. The van der Waals surface area contributed by atoms with Crippen LogP contribution in [-0.2, 0) is 14.8 Å². The van der Waals surface area contributed by atoms with Crippen LogP contribution in [0.25, 0.3) is 0 Å². The topological polar surface area (TPSA) is 125 Å². The van der Waals surface area contributed by atoms with Gasteiger partial charge in [-0.05, 0) is 50.2 Å². The van der Waals surface area contributed by atoms with Gasteiger partial charge in [0.15, 0.2) is 0 Å². The Bertz CT molecular complexity index is 1270. The van der Waals surface area contributed by atoms with Crippen LogP contribution >= 0.6 is 0 Å². The number of aryl methyl sites for hydroxylation is 1. The minimum atomic E-state index is -3.88. The van der Waals surface area contributed by atoms with Gasteiger partial charge in [-0.3, -0.25) is 9.69 Å². The second-order valence-corrected chi connectivity index (χ2v) is 9.27. The number of carbonyl (C=O) groups excluding carboxylic acids is 2. The predicted octanol–water partition coefficient (Wildman–Crippen LogP) is 2.97. The monoisotopic (exact) mass is 469 g/mol. The molecule has 0 spiro atoms. The van der Waals surface area contributed by atoms with E-state index in [1.54, 1.807) is 18.7 Å². The van der Waals surface area contributed by atoms with Crippen LogP contribution < -0.4 is 14.9 Å². The fraction of sp³-hybridized carbons (Fsp3) is 0.227. The van der Waals surface area contributed by atoms with Crippen LogP contribution in [0.5, 0.6) is 0 Å². The van der Waals surface area contributed by atoms with Gasteiger partial charge in [-0.25, -0.2) is 17.9 Å². The molecule has 1 aliphatic rings. The number of aromatic nitrogens is 1. The molecule has 0 bridgehead atoms. The van der Waals surface area contributed by atoms with Crippen LogP contribution in [0, 0.1) is 13.8 Å². The molecule has 1 aromatic heterocycles. The Balaban J connectivity index is 1.35. The van der Waals surface area contributed by atoms with Gasteiger partial charge < -0.3 is 14.7 Å². The van der Waals surface area contributed by atoms with Crippen LogP contribution in [0.4, 0.5) is 22.1 Å². The van der Waals surface area contributed by atoms with Crippen molar-refractivity contribution in [3.63, 3.8) is 0 Å². The minimum absolute atomic E-state index is 0.00201. The van der Waals surface area contributed by atoms with Gasteiger partial charge in [-0.1, -0.05) is 23.4 Å². The Kier molecular flexibility index (Phi) is 6.05. The van der Waals surface area contributed by atoms with Gasteiger partial charge in [0.25, 0.3) is 10.0 Å². The molecule has 0 aliphatic carbocycles. The zero-order valence-corrected chi connectivity index (χ0v) is 18.9. The number of rotatable bonds is 7. The Morgan fingerprint density at radius 1 is 1.06 bits per heavy atom. The highest BCUT2D eigenvalue weighted by molar-refractivity contribution is 7.92. The number of hydrogen-bond donors (Lipinski definition) is 2. The first-order valence-electron chi connectivity index (χ1n) is 10.2. The number of amides is 3. The number of benzene rings is 2. The van der Waals surface area contributed by atoms with E-state index in [0.717, 1.165) is 5.69 Å². The molecule has 3 amide bonds. The van der Waals surface area contributed by atoms with Crippen molar-refractivity contribution in [2.24, 2.45) is 0 Å². The van der Waals surface area contributed by atoms with E-state index < -0.39 is 10.0 Å². The number of carbonyl (C=O) groups is 2. The largest absolute Gasteiger partial charge is 0.337 e. The Morgan fingerprint density at radius 3 is 2.39 bits per heavy atom. The first-order valence-corrected chi connectivity index (χ1v) is 11.7. The zero-order chi connectivity index (χ0) is 23.6. The first-order chi connectivity index (χ1) is 15.7. The highest BCUT2D eigenvalue weighted by atomic mass is 32.2. The molecule has 0 radical (unpaired) electrons. The van der Waals surface area contributed by atoms with Crippen molar-refractivity contribution < 1.29 is 22.5 Å². The highest BCUT2D eigenvalue weighted by Gasteiger charge is 2.30. The molecule has 0 unspecified atom stereocenters. The normalized spacial score (nSPS) is 13.9. The third kappa shape index (κ3) is 4.82. The van der Waals surface area contributed by atoms with E-state index in [1.165, 1.54) is 29.2 Å². The maximum atomic E-state index is 12.6. The summed E-state index contributed by atoms with van der Waals surface area (Å²) in [5.41, 5.74) is 2.39. The lowest BCUT2D eigenvalue weighted by Crippen LogP contribution is -2.37. The fourth-order valence-corrected chi connectivity index (χ4v) is 4.41. The Labute approximate surface area is 191 Å². The second-order valence-electron chi connectivity index (χ2n) is 7.59. The van der Waals surface area contributed by atoms with Gasteiger partial charge in [0.1, 0.15) is 6.54 Å². The van der Waals surface area contributed by atoms with Gasteiger partial charge in [0, 0.05) is 30.0 Å². The molecule has 4 rings (SSSR count). The number of para-hydroxylation sites is 1. The number of sulfonamides is 1. The smallest absolute Gasteiger partial charge is 0.325 e. The van der Waals surface area contributed by atoms with Crippen LogP contribution in [0.3, 0.4) is 0 Å². The molecule has 10 nitrogen and oxygen atoms in total. The van der Waals surface area contributed by atoms with Gasteiger partial charge >= 0.3 is 6.03 Å². The van der Waals surface area contributed by atoms with Crippen molar-refractivity contribution in [1.29, 1.82) is 0 Å². The number of nitrogens with zero attached hydrogens (tertiary/aromatic N) is 3. The summed E-state index contributed by atoms with van der Waals surface area (Å²) in [6.45, 7) is 4.24. The average molecular weight is 470 g/mol. The van der Waals surface area contributed by atoms with E-state index in [9.17, 15) is 18.0 Å². The summed E-state index contributed by atoms with van der Waals surface area (Å²) < 4.78 is 32.5. The van der Waals surface area contributed by atoms with Gasteiger partial charge in [0.05, 0.1) is 10.6 Å². The molecular weight excluding hydrogens is 446 g/mol.